The van der Waals surface area contributed by atoms with E-state index in [1.54, 1.807) is 0 Å². The molecule has 0 unspecified atom stereocenters. The Labute approximate surface area is 84.8 Å². The van der Waals surface area contributed by atoms with Crippen LogP contribution in [-0.2, 0) is 6.42 Å². The minimum atomic E-state index is 0.454. The molecular formula is C11H17N3. The number of nitrogens with zero attached hydrogens (tertiary/aromatic N) is 3. The second kappa shape index (κ2) is 3.56. The van der Waals surface area contributed by atoms with Crippen LogP contribution in [0.3, 0.4) is 0 Å². The van der Waals surface area contributed by atoms with Gasteiger partial charge in [0, 0.05) is 30.1 Å². The van der Waals surface area contributed by atoms with Crippen LogP contribution in [0.5, 0.6) is 0 Å². The third-order valence-corrected chi connectivity index (χ3v) is 2.80. The highest BCUT2D eigenvalue weighted by atomic mass is 15.3. The van der Waals surface area contributed by atoms with E-state index in [0.29, 0.717) is 6.04 Å². The Kier molecular flexibility index (Phi) is 2.40. The van der Waals surface area contributed by atoms with Crippen molar-refractivity contribution in [3.05, 3.63) is 17.5 Å². The van der Waals surface area contributed by atoms with Crippen LogP contribution in [0, 0.1) is 0 Å². The molecule has 1 aliphatic carbocycles. The van der Waals surface area contributed by atoms with Crippen molar-refractivity contribution in [2.24, 2.45) is 4.99 Å². The third-order valence-electron chi connectivity index (χ3n) is 2.80. The van der Waals surface area contributed by atoms with Gasteiger partial charge in [0.15, 0.2) is 0 Å². The molecule has 3 heteroatoms. The number of rotatable bonds is 1. The third kappa shape index (κ3) is 1.37. The van der Waals surface area contributed by atoms with Gasteiger partial charge in [-0.05, 0) is 33.1 Å². The van der Waals surface area contributed by atoms with Gasteiger partial charge in [-0.15, -0.1) is 0 Å². The highest BCUT2D eigenvalue weighted by Crippen LogP contribution is 2.23. The lowest BCUT2D eigenvalue weighted by Gasteiger charge is -2.17. The lowest BCUT2D eigenvalue weighted by atomic mass is 9.96. The molecule has 0 aliphatic heterocycles. The van der Waals surface area contributed by atoms with Crippen LogP contribution < -0.4 is 0 Å². The maximum absolute atomic E-state index is 4.43. The molecule has 2 rings (SSSR count). The molecule has 0 aromatic carbocycles. The maximum atomic E-state index is 4.43. The first-order valence-electron chi connectivity index (χ1n) is 5.26. The number of hydrogen-bond donors (Lipinski definition) is 0. The van der Waals surface area contributed by atoms with E-state index in [0.717, 1.165) is 12.8 Å². The van der Waals surface area contributed by atoms with Gasteiger partial charge in [0.2, 0.25) is 0 Å². The normalized spacial score (nSPS) is 19.0. The van der Waals surface area contributed by atoms with Crippen molar-refractivity contribution < 1.29 is 0 Å². The highest BCUT2D eigenvalue weighted by Gasteiger charge is 2.20. The fourth-order valence-corrected chi connectivity index (χ4v) is 2.11. The molecule has 0 saturated carbocycles. The summed E-state index contributed by atoms with van der Waals surface area (Å²) >= 11 is 0. The van der Waals surface area contributed by atoms with Gasteiger partial charge in [0.1, 0.15) is 0 Å². The van der Waals surface area contributed by atoms with Gasteiger partial charge in [0.05, 0.1) is 6.20 Å². The molecule has 0 radical (unpaired) electrons. The van der Waals surface area contributed by atoms with Crippen molar-refractivity contribution in [2.75, 3.05) is 7.05 Å². The van der Waals surface area contributed by atoms with Gasteiger partial charge in [-0.1, -0.05) is 0 Å². The van der Waals surface area contributed by atoms with E-state index < -0.39 is 0 Å². The minimum Gasteiger partial charge on any atom is -0.292 e. The van der Waals surface area contributed by atoms with Crippen LogP contribution in [0.1, 0.15) is 44.0 Å². The standard InChI is InChI=1S/C11H17N3/c1-8(2)14-11-6-4-5-10(12-3)9(11)7-13-14/h7-8H,4-6H2,1-3H3/b12-10+. The van der Waals surface area contributed by atoms with Gasteiger partial charge < -0.3 is 0 Å². The summed E-state index contributed by atoms with van der Waals surface area (Å²) in [4.78, 5) is 4.32. The Morgan fingerprint density at radius 3 is 2.86 bits per heavy atom. The minimum absolute atomic E-state index is 0.454. The Balaban J connectivity index is 2.48. The smallest absolute Gasteiger partial charge is 0.0583 e. The van der Waals surface area contributed by atoms with Gasteiger partial charge in [-0.3, -0.25) is 9.67 Å². The maximum Gasteiger partial charge on any atom is 0.0583 e. The first-order chi connectivity index (χ1) is 6.74. The van der Waals surface area contributed by atoms with Gasteiger partial charge in [0.25, 0.3) is 0 Å². The molecule has 76 valence electrons. The Morgan fingerprint density at radius 2 is 2.21 bits per heavy atom. The molecule has 0 bridgehead atoms. The van der Waals surface area contributed by atoms with E-state index in [1.807, 2.05) is 13.2 Å². The number of aromatic nitrogens is 2. The molecule has 1 aromatic heterocycles. The van der Waals surface area contributed by atoms with Crippen molar-refractivity contribution in [2.45, 2.75) is 39.2 Å². The Morgan fingerprint density at radius 1 is 1.43 bits per heavy atom. The molecule has 0 N–H and O–H groups in total. The predicted octanol–water partition coefficient (Wildman–Crippen LogP) is 2.22. The topological polar surface area (TPSA) is 30.2 Å². The molecular weight excluding hydrogens is 174 g/mol. The van der Waals surface area contributed by atoms with E-state index in [9.17, 15) is 0 Å². The van der Waals surface area contributed by atoms with Gasteiger partial charge in [-0.2, -0.15) is 5.10 Å². The van der Waals surface area contributed by atoms with Crippen molar-refractivity contribution in [1.29, 1.82) is 0 Å². The average Bonchev–Trinajstić information content (AvgIpc) is 2.60. The van der Waals surface area contributed by atoms with E-state index in [2.05, 4.69) is 28.6 Å². The van der Waals surface area contributed by atoms with Gasteiger partial charge in [-0.25, -0.2) is 0 Å². The second-order valence-electron chi connectivity index (χ2n) is 4.07. The van der Waals surface area contributed by atoms with E-state index in [1.165, 1.54) is 23.4 Å². The van der Waals surface area contributed by atoms with Crippen molar-refractivity contribution in [3.8, 4) is 0 Å². The molecule has 0 amide bonds. The second-order valence-corrected chi connectivity index (χ2v) is 4.07. The number of fused-ring (bicyclic) bond motifs is 1. The highest BCUT2D eigenvalue weighted by molar-refractivity contribution is 6.02. The fourth-order valence-electron chi connectivity index (χ4n) is 2.11. The molecule has 1 heterocycles. The molecule has 3 nitrogen and oxygen atoms in total. The lowest BCUT2D eigenvalue weighted by molar-refractivity contribution is 0.504. The predicted molar refractivity (Wildman–Crippen MR) is 58.0 cm³/mol. The van der Waals surface area contributed by atoms with Crippen LogP contribution in [0.15, 0.2) is 11.2 Å². The Hall–Kier alpha value is -1.12. The summed E-state index contributed by atoms with van der Waals surface area (Å²) in [5.74, 6) is 0. The SMILES string of the molecule is C/N=C1\CCCc2c1cnn2C(C)C. The molecule has 0 saturated heterocycles. The summed E-state index contributed by atoms with van der Waals surface area (Å²) in [5.41, 5.74) is 3.86. The fraction of sp³-hybridized carbons (Fsp3) is 0.636. The molecule has 0 atom stereocenters. The van der Waals surface area contributed by atoms with Crippen molar-refractivity contribution >= 4 is 5.71 Å². The van der Waals surface area contributed by atoms with Crippen LogP contribution >= 0.6 is 0 Å². The Bertz CT molecular complexity index is 361. The van der Waals surface area contributed by atoms with Crippen LogP contribution in [0.4, 0.5) is 0 Å². The zero-order valence-electron chi connectivity index (χ0n) is 9.12. The first-order valence-corrected chi connectivity index (χ1v) is 5.26. The summed E-state index contributed by atoms with van der Waals surface area (Å²) in [6.45, 7) is 4.34. The molecule has 1 aliphatic rings. The summed E-state index contributed by atoms with van der Waals surface area (Å²) in [7, 11) is 1.87. The summed E-state index contributed by atoms with van der Waals surface area (Å²) in [6, 6.07) is 0.454. The van der Waals surface area contributed by atoms with E-state index >= 15 is 0 Å². The lowest BCUT2D eigenvalue weighted by Crippen LogP contribution is -2.15. The monoisotopic (exact) mass is 191 g/mol. The van der Waals surface area contributed by atoms with E-state index in [4.69, 9.17) is 0 Å². The number of aliphatic imine (C=N–C) groups is 1. The summed E-state index contributed by atoms with van der Waals surface area (Å²) in [5, 5.41) is 4.43. The van der Waals surface area contributed by atoms with Crippen LogP contribution in [0.25, 0.3) is 0 Å². The first kappa shape index (κ1) is 9.44. The summed E-state index contributed by atoms with van der Waals surface area (Å²) in [6.07, 6.45) is 5.43. The van der Waals surface area contributed by atoms with Crippen molar-refractivity contribution in [1.82, 2.24) is 9.78 Å². The number of hydrogen-bond acceptors (Lipinski definition) is 2. The zero-order valence-corrected chi connectivity index (χ0v) is 9.12. The van der Waals surface area contributed by atoms with Gasteiger partial charge >= 0.3 is 0 Å². The molecule has 14 heavy (non-hydrogen) atoms. The van der Waals surface area contributed by atoms with Crippen LogP contribution in [0.2, 0.25) is 0 Å². The quantitative estimate of drug-likeness (QED) is 0.669. The largest absolute Gasteiger partial charge is 0.292 e. The zero-order chi connectivity index (χ0) is 10.1. The molecule has 1 aromatic rings. The van der Waals surface area contributed by atoms with Crippen LogP contribution in [-0.4, -0.2) is 22.5 Å². The van der Waals surface area contributed by atoms with Crippen molar-refractivity contribution in [3.63, 3.8) is 0 Å². The molecule has 0 fully saturated rings. The molecule has 0 spiro atoms. The summed E-state index contributed by atoms with van der Waals surface area (Å²) < 4.78 is 2.12. The van der Waals surface area contributed by atoms with E-state index in [-0.39, 0.29) is 0 Å². The average molecular weight is 191 g/mol.